The van der Waals surface area contributed by atoms with Gasteiger partial charge in [-0.05, 0) is 61.5 Å². The number of hydrogen-bond donors (Lipinski definition) is 1. The Morgan fingerprint density at radius 3 is 2.57 bits per heavy atom. The van der Waals surface area contributed by atoms with Crippen LogP contribution in [0.25, 0.3) is 0 Å². The molecule has 0 bridgehead atoms. The second-order valence-corrected chi connectivity index (χ2v) is 8.25. The standard InChI is InChI=1S/C23H27ClN2O2/c24-22-7-2-1-5-20(22)16-28-21-6-3-4-17(12-21)13-23(27)26-10-8-18-14-25-15-19(18)9-11-26/h1-7,12,18-19,25H,8-11,13-16H2/t18-,19+. The minimum atomic E-state index is 0.219. The number of carbonyl (C=O) groups is 1. The molecule has 4 rings (SSSR count). The minimum absolute atomic E-state index is 0.219. The molecule has 2 aliphatic heterocycles. The number of amides is 1. The lowest BCUT2D eigenvalue weighted by Crippen LogP contribution is -2.33. The van der Waals surface area contributed by atoms with Gasteiger partial charge in [0, 0.05) is 23.7 Å². The molecular formula is C23H27ClN2O2. The van der Waals surface area contributed by atoms with Crippen molar-refractivity contribution in [3.05, 3.63) is 64.7 Å². The number of rotatable bonds is 5. The predicted octanol–water partition coefficient (Wildman–Crippen LogP) is 3.92. The third-order valence-electron chi connectivity index (χ3n) is 5.98. The Labute approximate surface area is 171 Å². The first kappa shape index (κ1) is 19.3. The van der Waals surface area contributed by atoms with Crippen LogP contribution in [0.15, 0.2) is 48.5 Å². The Morgan fingerprint density at radius 1 is 1.07 bits per heavy atom. The average molecular weight is 399 g/mol. The van der Waals surface area contributed by atoms with Gasteiger partial charge >= 0.3 is 0 Å². The van der Waals surface area contributed by atoms with Gasteiger partial charge in [0.25, 0.3) is 0 Å². The smallest absolute Gasteiger partial charge is 0.226 e. The van der Waals surface area contributed by atoms with E-state index in [-0.39, 0.29) is 5.91 Å². The van der Waals surface area contributed by atoms with Crippen LogP contribution >= 0.6 is 11.6 Å². The molecule has 2 atom stereocenters. The highest BCUT2D eigenvalue weighted by Crippen LogP contribution is 2.27. The largest absolute Gasteiger partial charge is 0.489 e. The molecule has 0 unspecified atom stereocenters. The molecule has 2 saturated heterocycles. The van der Waals surface area contributed by atoms with E-state index in [0.29, 0.717) is 18.1 Å². The van der Waals surface area contributed by atoms with E-state index in [0.717, 1.165) is 67.7 Å². The lowest BCUT2D eigenvalue weighted by Gasteiger charge is -2.21. The first-order valence-electron chi connectivity index (χ1n) is 10.1. The van der Waals surface area contributed by atoms with Gasteiger partial charge in [-0.2, -0.15) is 0 Å². The topological polar surface area (TPSA) is 41.6 Å². The van der Waals surface area contributed by atoms with E-state index in [1.807, 2.05) is 48.5 Å². The number of nitrogens with zero attached hydrogens (tertiary/aromatic N) is 1. The fraction of sp³-hybridized carbons (Fsp3) is 0.435. The number of nitrogens with one attached hydrogen (secondary N) is 1. The van der Waals surface area contributed by atoms with Crippen LogP contribution in [0.4, 0.5) is 0 Å². The number of fused-ring (bicyclic) bond motifs is 1. The van der Waals surface area contributed by atoms with Crippen LogP contribution in [0, 0.1) is 11.8 Å². The fourth-order valence-electron chi connectivity index (χ4n) is 4.28. The summed E-state index contributed by atoms with van der Waals surface area (Å²) in [7, 11) is 0. The van der Waals surface area contributed by atoms with Gasteiger partial charge in [-0.25, -0.2) is 0 Å². The highest BCUT2D eigenvalue weighted by Gasteiger charge is 2.31. The summed E-state index contributed by atoms with van der Waals surface area (Å²) in [5.74, 6) is 2.46. The van der Waals surface area contributed by atoms with Crippen molar-refractivity contribution in [3.8, 4) is 5.75 Å². The summed E-state index contributed by atoms with van der Waals surface area (Å²) >= 11 is 6.19. The van der Waals surface area contributed by atoms with Crippen LogP contribution < -0.4 is 10.1 Å². The molecule has 2 aliphatic rings. The number of carbonyl (C=O) groups excluding carboxylic acids is 1. The van der Waals surface area contributed by atoms with E-state index in [2.05, 4.69) is 10.2 Å². The SMILES string of the molecule is O=C(Cc1cccc(OCc2ccccc2Cl)c1)N1CC[C@@H]2CNC[C@@H]2CC1. The molecule has 0 aromatic heterocycles. The minimum Gasteiger partial charge on any atom is -0.489 e. The molecule has 2 heterocycles. The number of ether oxygens (including phenoxy) is 1. The summed E-state index contributed by atoms with van der Waals surface area (Å²) in [5.41, 5.74) is 1.95. The van der Waals surface area contributed by atoms with Crippen LogP contribution in [0.1, 0.15) is 24.0 Å². The third kappa shape index (κ3) is 4.68. The van der Waals surface area contributed by atoms with E-state index < -0.39 is 0 Å². The number of likely N-dealkylation sites (tertiary alicyclic amines) is 1. The zero-order valence-corrected chi connectivity index (χ0v) is 16.8. The van der Waals surface area contributed by atoms with E-state index in [4.69, 9.17) is 16.3 Å². The molecule has 2 aromatic rings. The van der Waals surface area contributed by atoms with Gasteiger partial charge in [0.05, 0.1) is 6.42 Å². The quantitative estimate of drug-likeness (QED) is 0.829. The van der Waals surface area contributed by atoms with Crippen LogP contribution in [0.3, 0.4) is 0 Å². The normalized spacial score (nSPS) is 21.8. The molecule has 1 N–H and O–H groups in total. The Hall–Kier alpha value is -2.04. The molecule has 0 saturated carbocycles. The lowest BCUT2D eigenvalue weighted by atomic mass is 9.92. The third-order valence-corrected chi connectivity index (χ3v) is 6.35. The van der Waals surface area contributed by atoms with Crippen molar-refractivity contribution < 1.29 is 9.53 Å². The van der Waals surface area contributed by atoms with Gasteiger partial charge in [-0.15, -0.1) is 0 Å². The van der Waals surface area contributed by atoms with E-state index >= 15 is 0 Å². The Balaban J connectivity index is 1.34. The van der Waals surface area contributed by atoms with Gasteiger partial charge in [0.15, 0.2) is 0 Å². The van der Waals surface area contributed by atoms with E-state index in [1.165, 1.54) is 0 Å². The molecule has 148 valence electrons. The number of benzene rings is 2. The Morgan fingerprint density at radius 2 is 1.82 bits per heavy atom. The van der Waals surface area contributed by atoms with Crippen LogP contribution in [-0.4, -0.2) is 37.0 Å². The average Bonchev–Trinajstić information content (AvgIpc) is 3.05. The van der Waals surface area contributed by atoms with Gasteiger partial charge in [-0.3, -0.25) is 4.79 Å². The Kier molecular flexibility index (Phi) is 6.18. The van der Waals surface area contributed by atoms with Gasteiger partial charge in [0.1, 0.15) is 12.4 Å². The number of halogens is 1. The van der Waals surface area contributed by atoms with Crippen molar-refractivity contribution in [2.45, 2.75) is 25.9 Å². The lowest BCUT2D eigenvalue weighted by molar-refractivity contribution is -0.130. The van der Waals surface area contributed by atoms with E-state index in [9.17, 15) is 4.79 Å². The second kappa shape index (κ2) is 8.97. The monoisotopic (exact) mass is 398 g/mol. The first-order chi connectivity index (χ1) is 13.7. The highest BCUT2D eigenvalue weighted by atomic mass is 35.5. The molecule has 0 aliphatic carbocycles. The summed E-state index contributed by atoms with van der Waals surface area (Å²) in [6, 6.07) is 15.5. The molecule has 0 radical (unpaired) electrons. The molecule has 4 nitrogen and oxygen atoms in total. The van der Waals surface area contributed by atoms with Crippen LogP contribution in [-0.2, 0) is 17.8 Å². The van der Waals surface area contributed by atoms with Crippen molar-refractivity contribution in [2.75, 3.05) is 26.2 Å². The Bertz CT molecular complexity index is 812. The summed E-state index contributed by atoms with van der Waals surface area (Å²) in [6.07, 6.45) is 2.66. The summed E-state index contributed by atoms with van der Waals surface area (Å²) in [5, 5.41) is 4.19. The second-order valence-electron chi connectivity index (χ2n) is 7.84. The first-order valence-corrected chi connectivity index (χ1v) is 10.5. The molecule has 28 heavy (non-hydrogen) atoms. The maximum absolute atomic E-state index is 12.8. The van der Waals surface area contributed by atoms with Crippen molar-refractivity contribution in [1.82, 2.24) is 10.2 Å². The summed E-state index contributed by atoms with van der Waals surface area (Å²) < 4.78 is 5.89. The molecule has 2 fully saturated rings. The van der Waals surface area contributed by atoms with Crippen molar-refractivity contribution >= 4 is 17.5 Å². The molecular weight excluding hydrogens is 372 g/mol. The number of hydrogen-bond acceptors (Lipinski definition) is 3. The maximum Gasteiger partial charge on any atom is 0.226 e. The van der Waals surface area contributed by atoms with Crippen LogP contribution in [0.2, 0.25) is 5.02 Å². The van der Waals surface area contributed by atoms with Gasteiger partial charge in [0.2, 0.25) is 5.91 Å². The maximum atomic E-state index is 12.8. The molecule has 2 aromatic carbocycles. The van der Waals surface area contributed by atoms with Crippen LogP contribution in [0.5, 0.6) is 5.75 Å². The molecule has 1 amide bonds. The van der Waals surface area contributed by atoms with E-state index in [1.54, 1.807) is 0 Å². The fourth-order valence-corrected chi connectivity index (χ4v) is 4.47. The molecule has 5 heteroatoms. The van der Waals surface area contributed by atoms with Crippen molar-refractivity contribution in [3.63, 3.8) is 0 Å². The van der Waals surface area contributed by atoms with Crippen molar-refractivity contribution in [2.24, 2.45) is 11.8 Å². The predicted molar refractivity (Wildman–Crippen MR) is 112 cm³/mol. The summed E-state index contributed by atoms with van der Waals surface area (Å²) in [6.45, 7) is 4.39. The zero-order chi connectivity index (χ0) is 19.3. The highest BCUT2D eigenvalue weighted by molar-refractivity contribution is 6.31. The van der Waals surface area contributed by atoms with Crippen molar-refractivity contribution in [1.29, 1.82) is 0 Å². The zero-order valence-electron chi connectivity index (χ0n) is 16.1. The van der Waals surface area contributed by atoms with Gasteiger partial charge < -0.3 is 15.0 Å². The summed E-state index contributed by atoms with van der Waals surface area (Å²) in [4.78, 5) is 14.9. The molecule has 0 spiro atoms. The van der Waals surface area contributed by atoms with Gasteiger partial charge in [-0.1, -0.05) is 41.9 Å².